The molecule has 4 heteroatoms. The third-order valence-electron chi connectivity index (χ3n) is 3.93. The van der Waals surface area contributed by atoms with Gasteiger partial charge in [-0.3, -0.25) is 0 Å². The number of likely N-dealkylation sites (tertiary alicyclic amines) is 1. The zero-order valence-electron chi connectivity index (χ0n) is 12.2. The molecule has 1 fully saturated rings. The summed E-state index contributed by atoms with van der Waals surface area (Å²) in [7, 11) is 0. The van der Waals surface area contributed by atoms with Crippen molar-refractivity contribution >= 4 is 6.09 Å². The Balaban J connectivity index is 1.74. The van der Waals surface area contributed by atoms with Gasteiger partial charge in [-0.2, -0.15) is 0 Å². The number of aryl methyl sites for hydroxylation is 1. The van der Waals surface area contributed by atoms with Gasteiger partial charge in [0.1, 0.15) is 6.61 Å². The molecule has 2 rings (SSSR count). The molecule has 0 aromatic heterocycles. The lowest BCUT2D eigenvalue weighted by Crippen LogP contribution is -2.39. The SMILES string of the molecule is Cc1ccc(COC(=O)N2CCC(CCN)CC2)cc1. The van der Waals surface area contributed by atoms with Crippen LogP contribution in [0.5, 0.6) is 0 Å². The van der Waals surface area contributed by atoms with Crippen molar-refractivity contribution in [3.05, 3.63) is 35.4 Å². The maximum Gasteiger partial charge on any atom is 0.410 e. The fraction of sp³-hybridized carbons (Fsp3) is 0.562. The predicted molar refractivity (Wildman–Crippen MR) is 79.3 cm³/mol. The number of rotatable bonds is 4. The Morgan fingerprint density at radius 1 is 1.30 bits per heavy atom. The van der Waals surface area contributed by atoms with E-state index in [0.29, 0.717) is 12.5 Å². The van der Waals surface area contributed by atoms with Gasteiger partial charge < -0.3 is 15.4 Å². The molecular formula is C16H24N2O2. The van der Waals surface area contributed by atoms with Gasteiger partial charge in [0, 0.05) is 13.1 Å². The highest BCUT2D eigenvalue weighted by Crippen LogP contribution is 2.20. The molecule has 4 nitrogen and oxygen atoms in total. The van der Waals surface area contributed by atoms with Crippen molar-refractivity contribution in [1.29, 1.82) is 0 Å². The van der Waals surface area contributed by atoms with Crippen LogP contribution in [0.25, 0.3) is 0 Å². The van der Waals surface area contributed by atoms with Gasteiger partial charge in [0.05, 0.1) is 0 Å². The molecular weight excluding hydrogens is 252 g/mol. The van der Waals surface area contributed by atoms with Crippen LogP contribution in [0.15, 0.2) is 24.3 Å². The van der Waals surface area contributed by atoms with Crippen LogP contribution in [0.3, 0.4) is 0 Å². The van der Waals surface area contributed by atoms with Crippen LogP contribution in [-0.4, -0.2) is 30.6 Å². The van der Waals surface area contributed by atoms with Crippen molar-refractivity contribution in [3.8, 4) is 0 Å². The molecule has 0 spiro atoms. The van der Waals surface area contributed by atoms with Gasteiger partial charge in [0.15, 0.2) is 0 Å². The lowest BCUT2D eigenvalue weighted by molar-refractivity contribution is 0.0817. The molecule has 1 heterocycles. The average Bonchev–Trinajstić information content (AvgIpc) is 2.47. The highest BCUT2D eigenvalue weighted by Gasteiger charge is 2.23. The van der Waals surface area contributed by atoms with Crippen LogP contribution >= 0.6 is 0 Å². The minimum absolute atomic E-state index is 0.197. The van der Waals surface area contributed by atoms with Crippen LogP contribution in [0, 0.1) is 12.8 Å². The van der Waals surface area contributed by atoms with Crippen molar-refractivity contribution in [1.82, 2.24) is 4.90 Å². The Kier molecular flexibility index (Phi) is 5.41. The first-order valence-electron chi connectivity index (χ1n) is 7.36. The summed E-state index contributed by atoms with van der Waals surface area (Å²) in [6, 6.07) is 8.05. The number of benzene rings is 1. The highest BCUT2D eigenvalue weighted by molar-refractivity contribution is 5.67. The summed E-state index contributed by atoms with van der Waals surface area (Å²) in [6.45, 7) is 4.71. The van der Waals surface area contributed by atoms with Crippen molar-refractivity contribution in [2.45, 2.75) is 32.8 Å². The summed E-state index contributed by atoms with van der Waals surface area (Å²) in [5, 5.41) is 0. The molecule has 0 atom stereocenters. The van der Waals surface area contributed by atoms with Crippen LogP contribution in [0.1, 0.15) is 30.4 Å². The monoisotopic (exact) mass is 276 g/mol. The van der Waals surface area contributed by atoms with E-state index in [1.807, 2.05) is 31.2 Å². The Labute approximate surface area is 120 Å². The van der Waals surface area contributed by atoms with Gasteiger partial charge >= 0.3 is 6.09 Å². The molecule has 20 heavy (non-hydrogen) atoms. The van der Waals surface area contributed by atoms with Crippen molar-refractivity contribution < 1.29 is 9.53 Å². The number of nitrogens with zero attached hydrogens (tertiary/aromatic N) is 1. The molecule has 0 bridgehead atoms. The maximum atomic E-state index is 12.0. The second-order valence-electron chi connectivity index (χ2n) is 5.55. The quantitative estimate of drug-likeness (QED) is 0.920. The molecule has 1 aliphatic heterocycles. The summed E-state index contributed by atoms with van der Waals surface area (Å²) in [4.78, 5) is 13.8. The first-order chi connectivity index (χ1) is 9.69. The van der Waals surface area contributed by atoms with E-state index in [2.05, 4.69) is 0 Å². The van der Waals surface area contributed by atoms with Gasteiger partial charge in [0.2, 0.25) is 0 Å². The smallest absolute Gasteiger partial charge is 0.410 e. The van der Waals surface area contributed by atoms with E-state index in [0.717, 1.165) is 44.5 Å². The lowest BCUT2D eigenvalue weighted by Gasteiger charge is -2.31. The normalized spacial score (nSPS) is 16.2. The van der Waals surface area contributed by atoms with E-state index >= 15 is 0 Å². The van der Waals surface area contributed by atoms with Crippen LogP contribution in [0.4, 0.5) is 4.79 Å². The van der Waals surface area contributed by atoms with Crippen molar-refractivity contribution in [2.75, 3.05) is 19.6 Å². The van der Waals surface area contributed by atoms with E-state index in [1.165, 1.54) is 5.56 Å². The minimum atomic E-state index is -0.197. The fourth-order valence-electron chi connectivity index (χ4n) is 2.56. The Hall–Kier alpha value is -1.55. The standard InChI is InChI=1S/C16H24N2O2/c1-13-2-4-15(5-3-13)12-20-16(19)18-10-7-14(6-9-17)8-11-18/h2-5,14H,6-12,17H2,1H3. The molecule has 0 radical (unpaired) electrons. The zero-order chi connectivity index (χ0) is 14.4. The Morgan fingerprint density at radius 3 is 2.55 bits per heavy atom. The van der Waals surface area contributed by atoms with Crippen LogP contribution < -0.4 is 5.73 Å². The van der Waals surface area contributed by atoms with E-state index in [1.54, 1.807) is 4.90 Å². The largest absolute Gasteiger partial charge is 0.445 e. The number of carbonyl (C=O) groups is 1. The maximum absolute atomic E-state index is 12.0. The second-order valence-corrected chi connectivity index (χ2v) is 5.55. The molecule has 110 valence electrons. The summed E-state index contributed by atoms with van der Waals surface area (Å²) < 4.78 is 5.36. The third kappa shape index (κ3) is 4.23. The van der Waals surface area contributed by atoms with E-state index in [4.69, 9.17) is 10.5 Å². The molecule has 0 aliphatic carbocycles. The van der Waals surface area contributed by atoms with Crippen molar-refractivity contribution in [2.24, 2.45) is 11.7 Å². The van der Waals surface area contributed by atoms with E-state index < -0.39 is 0 Å². The molecule has 1 aromatic carbocycles. The van der Waals surface area contributed by atoms with Gasteiger partial charge in [-0.25, -0.2) is 4.79 Å². The van der Waals surface area contributed by atoms with Crippen molar-refractivity contribution in [3.63, 3.8) is 0 Å². The van der Waals surface area contributed by atoms with Gasteiger partial charge in [-0.05, 0) is 44.2 Å². The molecule has 0 saturated carbocycles. The van der Waals surface area contributed by atoms with Gasteiger partial charge in [-0.1, -0.05) is 29.8 Å². The molecule has 1 amide bonds. The Morgan fingerprint density at radius 2 is 1.95 bits per heavy atom. The summed E-state index contributed by atoms with van der Waals surface area (Å²) in [5.41, 5.74) is 7.81. The molecule has 1 saturated heterocycles. The van der Waals surface area contributed by atoms with Crippen LogP contribution in [0.2, 0.25) is 0 Å². The summed E-state index contributed by atoms with van der Waals surface area (Å²) in [6.07, 6.45) is 2.94. The zero-order valence-corrected chi connectivity index (χ0v) is 12.2. The first kappa shape index (κ1) is 14.9. The number of amides is 1. The number of ether oxygens (including phenoxy) is 1. The number of carbonyl (C=O) groups excluding carboxylic acids is 1. The second kappa shape index (κ2) is 7.29. The van der Waals surface area contributed by atoms with Crippen LogP contribution in [-0.2, 0) is 11.3 Å². The topological polar surface area (TPSA) is 55.6 Å². The molecule has 2 N–H and O–H groups in total. The van der Waals surface area contributed by atoms with Gasteiger partial charge in [0.25, 0.3) is 0 Å². The number of hydrogen-bond acceptors (Lipinski definition) is 3. The van der Waals surface area contributed by atoms with E-state index in [9.17, 15) is 4.79 Å². The number of nitrogens with two attached hydrogens (primary N) is 1. The lowest BCUT2D eigenvalue weighted by atomic mass is 9.94. The highest BCUT2D eigenvalue weighted by atomic mass is 16.6. The number of piperidine rings is 1. The summed E-state index contributed by atoms with van der Waals surface area (Å²) in [5.74, 6) is 0.668. The van der Waals surface area contributed by atoms with E-state index in [-0.39, 0.29) is 6.09 Å². The molecule has 1 aromatic rings. The minimum Gasteiger partial charge on any atom is -0.445 e. The third-order valence-corrected chi connectivity index (χ3v) is 3.93. The molecule has 0 unspecified atom stereocenters. The first-order valence-corrected chi connectivity index (χ1v) is 7.36. The Bertz CT molecular complexity index is 423. The molecule has 1 aliphatic rings. The van der Waals surface area contributed by atoms with Gasteiger partial charge in [-0.15, -0.1) is 0 Å². The predicted octanol–water partition coefficient (Wildman–Crippen LogP) is 2.69. The number of hydrogen-bond donors (Lipinski definition) is 1. The fourth-order valence-corrected chi connectivity index (χ4v) is 2.56. The average molecular weight is 276 g/mol. The summed E-state index contributed by atoms with van der Waals surface area (Å²) >= 11 is 0.